The number of rotatable bonds is 1. The second-order valence-electron chi connectivity index (χ2n) is 5.11. The molecule has 15 heavy (non-hydrogen) atoms. The number of fused-ring (bicyclic) bond motifs is 1. The maximum Gasteiger partial charge on any atom is 0.0681 e. The number of H-pyrrole nitrogens is 1. The van der Waals surface area contributed by atoms with Crippen LogP contribution in [0.15, 0.2) is 18.3 Å². The van der Waals surface area contributed by atoms with Crippen molar-refractivity contribution >= 4 is 11.6 Å². The van der Waals surface area contributed by atoms with Gasteiger partial charge in [0, 0.05) is 11.0 Å². The molecule has 0 spiro atoms. The van der Waals surface area contributed by atoms with Gasteiger partial charge in [0.25, 0.3) is 0 Å². The number of aromatic nitrogens is 2. The summed E-state index contributed by atoms with van der Waals surface area (Å²) in [7, 11) is 0. The van der Waals surface area contributed by atoms with Crippen LogP contribution in [0.25, 0.3) is 11.6 Å². The summed E-state index contributed by atoms with van der Waals surface area (Å²) in [5, 5.41) is 7.21. The Morgan fingerprint density at radius 2 is 2.07 bits per heavy atom. The Bertz CT molecular complexity index is 419. The van der Waals surface area contributed by atoms with E-state index in [9.17, 15) is 0 Å². The molecule has 0 unspecified atom stereocenters. The summed E-state index contributed by atoms with van der Waals surface area (Å²) in [6.45, 7) is 8.89. The summed E-state index contributed by atoms with van der Waals surface area (Å²) in [4.78, 5) is 0. The number of hydrogen-bond donors (Lipinski definition) is 1. The molecule has 1 heterocycles. The quantitative estimate of drug-likeness (QED) is 0.741. The lowest BCUT2D eigenvalue weighted by molar-refractivity contribution is 0.625. The molecule has 0 fully saturated rings. The highest BCUT2D eigenvalue weighted by Gasteiger charge is 2.20. The first kappa shape index (κ1) is 10.2. The Kier molecular flexibility index (Phi) is 2.29. The molecule has 0 aliphatic heterocycles. The molecule has 1 aliphatic carbocycles. The third-order valence-corrected chi connectivity index (χ3v) is 2.80. The maximum absolute atomic E-state index is 4.11. The summed E-state index contributed by atoms with van der Waals surface area (Å²) >= 11 is 0. The predicted molar refractivity (Wildman–Crippen MR) is 64.2 cm³/mol. The lowest BCUT2D eigenvalue weighted by atomic mass is 9.88. The van der Waals surface area contributed by atoms with E-state index in [1.165, 1.54) is 16.8 Å². The monoisotopic (exact) mass is 202 g/mol. The predicted octanol–water partition coefficient (Wildman–Crippen LogP) is 3.50. The van der Waals surface area contributed by atoms with E-state index in [1.807, 2.05) is 6.20 Å². The topological polar surface area (TPSA) is 28.7 Å². The fraction of sp³-hybridized carbons (Fsp3) is 0.462. The average Bonchev–Trinajstić information content (AvgIpc) is 2.54. The molecule has 0 amide bonds. The van der Waals surface area contributed by atoms with Crippen molar-refractivity contribution in [1.82, 2.24) is 10.2 Å². The van der Waals surface area contributed by atoms with Crippen LogP contribution < -0.4 is 0 Å². The van der Waals surface area contributed by atoms with Gasteiger partial charge in [0.2, 0.25) is 0 Å². The first-order valence-electron chi connectivity index (χ1n) is 5.45. The van der Waals surface area contributed by atoms with Crippen molar-refractivity contribution in [2.24, 2.45) is 11.3 Å². The van der Waals surface area contributed by atoms with Gasteiger partial charge in [0.05, 0.1) is 11.9 Å². The van der Waals surface area contributed by atoms with E-state index in [2.05, 4.69) is 56.1 Å². The van der Waals surface area contributed by atoms with Crippen LogP contribution in [0.1, 0.15) is 39.0 Å². The third kappa shape index (κ3) is 1.89. The third-order valence-electron chi connectivity index (χ3n) is 2.80. The van der Waals surface area contributed by atoms with E-state index < -0.39 is 0 Å². The Hall–Kier alpha value is -1.31. The molecule has 1 aliphatic rings. The second kappa shape index (κ2) is 3.37. The van der Waals surface area contributed by atoms with Crippen LogP contribution in [0.4, 0.5) is 0 Å². The molecule has 0 radical (unpaired) electrons. The zero-order valence-corrected chi connectivity index (χ0v) is 9.83. The smallest absolute Gasteiger partial charge is 0.0681 e. The summed E-state index contributed by atoms with van der Waals surface area (Å²) in [5.74, 6) is 0.517. The molecule has 80 valence electrons. The van der Waals surface area contributed by atoms with Crippen molar-refractivity contribution in [2.45, 2.75) is 27.7 Å². The lowest BCUT2D eigenvalue weighted by Gasteiger charge is -2.17. The van der Waals surface area contributed by atoms with Crippen LogP contribution in [0.5, 0.6) is 0 Å². The van der Waals surface area contributed by atoms with Crippen molar-refractivity contribution in [3.63, 3.8) is 0 Å². The van der Waals surface area contributed by atoms with Gasteiger partial charge in [-0.15, -0.1) is 0 Å². The minimum absolute atomic E-state index is 0.124. The molecule has 0 saturated carbocycles. The summed E-state index contributed by atoms with van der Waals surface area (Å²) in [5.41, 5.74) is 3.85. The van der Waals surface area contributed by atoms with Gasteiger partial charge in [-0.1, -0.05) is 45.9 Å². The molecule has 1 aromatic heterocycles. The summed E-state index contributed by atoms with van der Waals surface area (Å²) < 4.78 is 0. The first-order valence-corrected chi connectivity index (χ1v) is 5.45. The van der Waals surface area contributed by atoms with E-state index >= 15 is 0 Å². The molecule has 0 saturated heterocycles. The van der Waals surface area contributed by atoms with Gasteiger partial charge in [-0.3, -0.25) is 5.10 Å². The zero-order chi connectivity index (χ0) is 11.1. The first-order chi connectivity index (χ1) is 6.99. The second-order valence-corrected chi connectivity index (χ2v) is 5.11. The molecule has 1 N–H and O–H groups in total. The van der Waals surface area contributed by atoms with Gasteiger partial charge in [0.15, 0.2) is 0 Å². The minimum Gasteiger partial charge on any atom is -0.278 e. The molecule has 1 aromatic rings. The Morgan fingerprint density at radius 1 is 1.33 bits per heavy atom. The summed E-state index contributed by atoms with van der Waals surface area (Å²) in [6, 6.07) is 0. The van der Waals surface area contributed by atoms with E-state index in [1.54, 1.807) is 0 Å². The van der Waals surface area contributed by atoms with Crippen molar-refractivity contribution in [3.05, 3.63) is 29.6 Å². The highest BCUT2D eigenvalue weighted by atomic mass is 15.1. The SMILES string of the molecule is CC(C)C1=CC(C)(C)C=Cc2cn[nH]c21. The van der Waals surface area contributed by atoms with Crippen molar-refractivity contribution in [2.75, 3.05) is 0 Å². The highest BCUT2D eigenvalue weighted by Crippen LogP contribution is 2.34. The number of nitrogens with one attached hydrogen (secondary N) is 1. The lowest BCUT2D eigenvalue weighted by Crippen LogP contribution is -2.05. The average molecular weight is 202 g/mol. The van der Waals surface area contributed by atoms with Crippen LogP contribution in [-0.4, -0.2) is 10.2 Å². The molecular weight excluding hydrogens is 184 g/mol. The molecule has 0 aromatic carbocycles. The van der Waals surface area contributed by atoms with Crippen LogP contribution in [-0.2, 0) is 0 Å². The van der Waals surface area contributed by atoms with Gasteiger partial charge in [-0.2, -0.15) is 5.10 Å². The number of hydrogen-bond acceptors (Lipinski definition) is 1. The fourth-order valence-electron chi connectivity index (χ4n) is 1.93. The van der Waals surface area contributed by atoms with E-state index in [4.69, 9.17) is 0 Å². The number of nitrogens with zero attached hydrogens (tertiary/aromatic N) is 1. The van der Waals surface area contributed by atoms with Crippen molar-refractivity contribution in [3.8, 4) is 0 Å². The van der Waals surface area contributed by atoms with Gasteiger partial charge in [-0.25, -0.2) is 0 Å². The Balaban J connectivity index is 2.58. The molecule has 0 bridgehead atoms. The number of aromatic amines is 1. The highest BCUT2D eigenvalue weighted by molar-refractivity contribution is 5.75. The van der Waals surface area contributed by atoms with Crippen LogP contribution in [0.2, 0.25) is 0 Å². The molecular formula is C13H18N2. The zero-order valence-electron chi connectivity index (χ0n) is 9.83. The molecule has 2 heteroatoms. The Morgan fingerprint density at radius 3 is 2.73 bits per heavy atom. The van der Waals surface area contributed by atoms with Gasteiger partial charge in [-0.05, 0) is 11.5 Å². The van der Waals surface area contributed by atoms with Gasteiger partial charge in [0.1, 0.15) is 0 Å². The molecule has 0 atom stereocenters. The van der Waals surface area contributed by atoms with Gasteiger partial charge >= 0.3 is 0 Å². The standard InChI is InChI=1S/C13H18N2/c1-9(2)11-7-13(3,4)6-5-10-8-14-15-12(10)11/h5-9H,1-4H3,(H,14,15). The van der Waals surface area contributed by atoms with Gasteiger partial charge < -0.3 is 0 Å². The molecule has 2 rings (SSSR count). The molecule has 2 nitrogen and oxygen atoms in total. The van der Waals surface area contributed by atoms with Crippen LogP contribution in [0.3, 0.4) is 0 Å². The van der Waals surface area contributed by atoms with Crippen LogP contribution in [0, 0.1) is 11.3 Å². The van der Waals surface area contributed by atoms with E-state index in [-0.39, 0.29) is 5.41 Å². The minimum atomic E-state index is 0.124. The van der Waals surface area contributed by atoms with Crippen molar-refractivity contribution < 1.29 is 0 Å². The van der Waals surface area contributed by atoms with E-state index in [0.29, 0.717) is 5.92 Å². The fourth-order valence-corrected chi connectivity index (χ4v) is 1.93. The summed E-state index contributed by atoms with van der Waals surface area (Å²) in [6.07, 6.45) is 8.61. The number of allylic oxidation sites excluding steroid dienone is 3. The van der Waals surface area contributed by atoms with E-state index in [0.717, 1.165) is 0 Å². The normalized spacial score (nSPS) is 18.6. The largest absolute Gasteiger partial charge is 0.278 e. The van der Waals surface area contributed by atoms with Crippen LogP contribution >= 0.6 is 0 Å². The maximum atomic E-state index is 4.11. The Labute approximate surface area is 91.1 Å². The van der Waals surface area contributed by atoms with Crippen molar-refractivity contribution in [1.29, 1.82) is 0 Å².